The van der Waals surface area contributed by atoms with Gasteiger partial charge in [0.05, 0.1) is 0 Å². The Morgan fingerprint density at radius 2 is 1.97 bits per heavy atom. The number of allylic oxidation sites excluding steroid dienone is 2. The van der Waals surface area contributed by atoms with E-state index in [9.17, 15) is 4.79 Å². The summed E-state index contributed by atoms with van der Waals surface area (Å²) < 4.78 is 6.60. The Morgan fingerprint density at radius 3 is 2.63 bits per heavy atom. The van der Waals surface area contributed by atoms with E-state index in [-0.39, 0.29) is 16.4 Å². The molecule has 5 atom stereocenters. The lowest BCUT2D eigenvalue weighted by Crippen LogP contribution is -2.44. The Hall–Kier alpha value is -1.35. The molecule has 164 valence electrons. The van der Waals surface area contributed by atoms with Crippen molar-refractivity contribution in [2.24, 2.45) is 23.2 Å². The molecule has 0 unspecified atom stereocenters. The van der Waals surface area contributed by atoms with Crippen LogP contribution in [-0.4, -0.2) is 14.6 Å². The van der Waals surface area contributed by atoms with Crippen LogP contribution >= 0.6 is 0 Å². The number of hydrogen-bond acceptors (Lipinski definition) is 2. The Bertz CT molecular complexity index is 862. The average Bonchev–Trinajstić information content (AvgIpc) is 3.03. The number of carbonyl (C=O) groups excluding carboxylic acids is 1. The van der Waals surface area contributed by atoms with Crippen molar-refractivity contribution in [1.82, 2.24) is 0 Å². The molecule has 0 aromatic heterocycles. The van der Waals surface area contributed by atoms with Gasteiger partial charge in [-0.3, -0.25) is 0 Å². The highest BCUT2D eigenvalue weighted by molar-refractivity contribution is 6.74. The van der Waals surface area contributed by atoms with E-state index in [1.54, 1.807) is 5.56 Å². The highest BCUT2D eigenvalue weighted by Crippen LogP contribution is 2.62. The lowest BCUT2D eigenvalue weighted by atomic mass is 9.53. The molecule has 1 saturated carbocycles. The summed E-state index contributed by atoms with van der Waals surface area (Å²) >= 11 is 0. The summed E-state index contributed by atoms with van der Waals surface area (Å²) in [6.07, 6.45) is 9.62. The first kappa shape index (κ1) is 21.9. The van der Waals surface area contributed by atoms with E-state index < -0.39 is 8.32 Å². The van der Waals surface area contributed by atoms with Crippen LogP contribution in [0.1, 0.15) is 77.3 Å². The predicted molar refractivity (Wildman–Crippen MR) is 128 cm³/mol. The van der Waals surface area contributed by atoms with Crippen molar-refractivity contribution >= 4 is 14.6 Å². The van der Waals surface area contributed by atoms with E-state index in [1.165, 1.54) is 30.4 Å². The van der Waals surface area contributed by atoms with Gasteiger partial charge in [0.1, 0.15) is 12.0 Å². The zero-order chi connectivity index (χ0) is 21.9. The first-order chi connectivity index (χ1) is 14.0. The first-order valence-electron chi connectivity index (χ1n) is 12.0. The van der Waals surface area contributed by atoms with Crippen LogP contribution < -0.4 is 4.43 Å². The third kappa shape index (κ3) is 3.41. The number of aryl methyl sites for hydroxylation is 1. The molecule has 30 heavy (non-hydrogen) atoms. The normalized spacial score (nSPS) is 31.8. The quantitative estimate of drug-likeness (QED) is 0.288. The maximum atomic E-state index is 11.5. The monoisotopic (exact) mass is 424 g/mol. The van der Waals surface area contributed by atoms with Crippen LogP contribution in [0, 0.1) is 23.2 Å². The first-order valence-corrected chi connectivity index (χ1v) is 14.9. The molecule has 0 heterocycles. The molecular weight excluding hydrogens is 384 g/mol. The largest absolute Gasteiger partial charge is 0.543 e. The van der Waals surface area contributed by atoms with Crippen molar-refractivity contribution in [3.8, 4) is 5.75 Å². The Balaban J connectivity index is 1.57. The van der Waals surface area contributed by atoms with Crippen molar-refractivity contribution in [3.05, 3.63) is 41.0 Å². The van der Waals surface area contributed by atoms with E-state index in [2.05, 4.69) is 72.0 Å². The van der Waals surface area contributed by atoms with Gasteiger partial charge in [0.25, 0.3) is 0 Å². The summed E-state index contributed by atoms with van der Waals surface area (Å²) in [6.45, 7) is 16.1. The molecule has 1 aromatic rings. The van der Waals surface area contributed by atoms with Gasteiger partial charge in [-0.15, -0.1) is 0 Å². The van der Waals surface area contributed by atoms with Crippen LogP contribution in [0.25, 0.3) is 0 Å². The van der Waals surface area contributed by atoms with Gasteiger partial charge in [0.15, 0.2) is 0 Å². The van der Waals surface area contributed by atoms with E-state index in [4.69, 9.17) is 4.43 Å². The van der Waals surface area contributed by atoms with Gasteiger partial charge in [-0.25, -0.2) is 0 Å². The van der Waals surface area contributed by atoms with E-state index in [0.29, 0.717) is 11.8 Å². The molecule has 3 heteroatoms. The molecule has 1 aromatic carbocycles. The second-order valence-electron chi connectivity index (χ2n) is 11.9. The molecule has 3 aliphatic carbocycles. The SMILES string of the molecule is C[C@@H](C=O)C1=CC[C@H]2[C@@H]3CCc4cc(O[Si](C)(C)C(C)(C)C)ccc4[C@H]3CC[C@]12C. The number of benzene rings is 1. The Morgan fingerprint density at radius 1 is 1.23 bits per heavy atom. The van der Waals surface area contributed by atoms with Crippen molar-refractivity contribution in [2.45, 2.75) is 90.8 Å². The minimum absolute atomic E-state index is 0.0717. The number of carbonyl (C=O) groups is 1. The van der Waals surface area contributed by atoms with Gasteiger partial charge in [0.2, 0.25) is 8.32 Å². The molecule has 0 amide bonds. The van der Waals surface area contributed by atoms with Crippen LogP contribution in [0.4, 0.5) is 0 Å². The smallest absolute Gasteiger partial charge is 0.250 e. The molecule has 2 nitrogen and oxygen atoms in total. The van der Waals surface area contributed by atoms with Crippen LogP contribution in [0.2, 0.25) is 18.1 Å². The van der Waals surface area contributed by atoms with Crippen molar-refractivity contribution in [1.29, 1.82) is 0 Å². The summed E-state index contributed by atoms with van der Waals surface area (Å²) in [4.78, 5) is 11.5. The maximum absolute atomic E-state index is 11.5. The van der Waals surface area contributed by atoms with E-state index in [1.807, 2.05) is 0 Å². The molecule has 0 bridgehead atoms. The van der Waals surface area contributed by atoms with Crippen molar-refractivity contribution in [2.75, 3.05) is 0 Å². The lowest BCUT2D eigenvalue weighted by Gasteiger charge is -2.51. The van der Waals surface area contributed by atoms with Crippen LogP contribution in [0.15, 0.2) is 29.8 Å². The molecule has 0 radical (unpaired) electrons. The minimum Gasteiger partial charge on any atom is -0.543 e. The summed E-state index contributed by atoms with van der Waals surface area (Å²) in [7, 11) is -1.81. The maximum Gasteiger partial charge on any atom is 0.250 e. The van der Waals surface area contributed by atoms with E-state index >= 15 is 0 Å². The Labute approximate surface area is 184 Å². The summed E-state index contributed by atoms with van der Waals surface area (Å²) in [5.41, 5.74) is 4.74. The average molecular weight is 425 g/mol. The topological polar surface area (TPSA) is 26.3 Å². The van der Waals surface area contributed by atoms with Crippen LogP contribution in [-0.2, 0) is 11.2 Å². The second-order valence-corrected chi connectivity index (χ2v) is 16.6. The fourth-order valence-corrected chi connectivity index (χ4v) is 7.47. The van der Waals surface area contributed by atoms with Gasteiger partial charge in [0, 0.05) is 5.92 Å². The Kier molecular flexibility index (Phi) is 5.36. The molecule has 0 N–H and O–H groups in total. The number of rotatable bonds is 4. The molecule has 3 aliphatic rings. The molecule has 4 rings (SSSR count). The molecule has 0 saturated heterocycles. The molecule has 0 spiro atoms. The van der Waals surface area contributed by atoms with E-state index in [0.717, 1.165) is 30.8 Å². The molecular formula is C27H40O2Si. The second kappa shape index (κ2) is 7.36. The third-order valence-electron chi connectivity index (χ3n) is 9.21. The number of hydrogen-bond donors (Lipinski definition) is 0. The molecule has 0 aliphatic heterocycles. The van der Waals surface area contributed by atoms with Gasteiger partial charge >= 0.3 is 0 Å². The van der Waals surface area contributed by atoms with Gasteiger partial charge in [-0.05, 0) is 96.7 Å². The summed E-state index contributed by atoms with van der Waals surface area (Å²) in [5, 5.41) is 0.216. The van der Waals surface area contributed by atoms with Crippen LogP contribution in [0.5, 0.6) is 5.75 Å². The van der Waals surface area contributed by atoms with Gasteiger partial charge in [-0.1, -0.05) is 52.3 Å². The van der Waals surface area contributed by atoms with Crippen molar-refractivity contribution < 1.29 is 9.22 Å². The van der Waals surface area contributed by atoms with Gasteiger partial charge < -0.3 is 9.22 Å². The highest BCUT2D eigenvalue weighted by atomic mass is 28.4. The zero-order valence-corrected chi connectivity index (χ0v) is 21.0. The van der Waals surface area contributed by atoms with Gasteiger partial charge in [-0.2, -0.15) is 0 Å². The molecule has 1 fully saturated rings. The summed E-state index contributed by atoms with van der Waals surface area (Å²) in [5.74, 6) is 3.26. The fourth-order valence-electron chi connectivity index (χ4n) is 6.45. The third-order valence-corrected chi connectivity index (χ3v) is 13.6. The standard InChI is InChI=1S/C27H40O2Si/c1-18(17-28)24-12-13-25-23-10-8-19-16-20(29-30(6,7)26(2,3)4)9-11-21(19)22(23)14-15-27(24,25)5/h9,11-12,16-18,22-23,25H,8,10,13-15H2,1-7H3/t18-,22+,23+,25-,27+/m0/s1. The summed E-state index contributed by atoms with van der Waals surface area (Å²) in [6, 6.07) is 6.98. The fraction of sp³-hybridized carbons (Fsp3) is 0.667. The zero-order valence-electron chi connectivity index (χ0n) is 20.0. The number of aldehydes is 1. The minimum atomic E-state index is -1.81. The number of fused-ring (bicyclic) bond motifs is 5. The van der Waals surface area contributed by atoms with Crippen LogP contribution in [0.3, 0.4) is 0 Å². The lowest BCUT2D eigenvalue weighted by molar-refractivity contribution is -0.110. The van der Waals surface area contributed by atoms with Crippen molar-refractivity contribution in [3.63, 3.8) is 0 Å². The predicted octanol–water partition coefficient (Wildman–Crippen LogP) is 7.30. The highest BCUT2D eigenvalue weighted by Gasteiger charge is 2.52.